The maximum absolute atomic E-state index is 14.0. The molecular formula is C29H26ClF2N3O3. The number of allylic oxidation sites excluding steroid dienone is 2. The third-order valence-corrected chi connectivity index (χ3v) is 7.08. The molecule has 6 nitrogen and oxygen atoms in total. The maximum atomic E-state index is 14.0. The largest absolute Gasteiger partial charge is 0.486 e. The number of halogens is 3. The van der Waals surface area contributed by atoms with Crippen molar-refractivity contribution in [3.05, 3.63) is 99.7 Å². The van der Waals surface area contributed by atoms with Crippen molar-refractivity contribution in [1.82, 2.24) is 5.43 Å². The van der Waals surface area contributed by atoms with E-state index < -0.39 is 23.0 Å². The van der Waals surface area contributed by atoms with Crippen molar-refractivity contribution in [3.8, 4) is 11.5 Å². The molecule has 2 heterocycles. The Morgan fingerprint density at radius 1 is 1.13 bits per heavy atom. The summed E-state index contributed by atoms with van der Waals surface area (Å²) in [4.78, 5) is 14.9. The maximum Gasteiger partial charge on any atom is 0.275 e. The lowest BCUT2D eigenvalue weighted by Gasteiger charge is -2.30. The van der Waals surface area contributed by atoms with Gasteiger partial charge in [-0.15, -0.1) is 0 Å². The Balaban J connectivity index is 1.45. The van der Waals surface area contributed by atoms with Crippen LogP contribution in [0.1, 0.15) is 35.3 Å². The molecule has 1 unspecified atom stereocenters. The van der Waals surface area contributed by atoms with Crippen LogP contribution in [0.5, 0.6) is 11.5 Å². The molecule has 0 aliphatic carbocycles. The number of hydrogen-bond acceptors (Lipinski definition) is 5. The standard InChI is InChI=1S/C29H26ClF2N3O3/c1-3-35-24-10-8-19(30)16-21(24)29(2,17-18-7-9-22(31)23(32)15-18)26(35)11-12-33-34-28(36)20-5-4-6-25-27(20)38-14-13-37-25/h4-12,15-16H,3,13-14,17H2,1-2H3,(H,34,36)/b26-11-,33-12+. The number of carbonyl (C=O) groups excluding carboxylic acids is 1. The molecule has 0 spiro atoms. The molecule has 0 radical (unpaired) electrons. The summed E-state index contributed by atoms with van der Waals surface area (Å²) in [5, 5.41) is 4.73. The molecule has 0 saturated carbocycles. The van der Waals surface area contributed by atoms with Gasteiger partial charge in [-0.1, -0.05) is 23.7 Å². The smallest absolute Gasteiger partial charge is 0.275 e. The Bertz CT molecular complexity index is 1460. The molecule has 1 amide bonds. The quantitative estimate of drug-likeness (QED) is 0.308. The second-order valence-corrected chi connectivity index (χ2v) is 9.70. The molecule has 0 saturated heterocycles. The second-order valence-electron chi connectivity index (χ2n) is 9.26. The van der Waals surface area contributed by atoms with Gasteiger partial charge in [0.05, 0.1) is 5.56 Å². The lowest BCUT2D eigenvalue weighted by atomic mass is 9.76. The summed E-state index contributed by atoms with van der Waals surface area (Å²) in [6.45, 7) is 5.50. The van der Waals surface area contributed by atoms with Crippen LogP contribution >= 0.6 is 11.6 Å². The number of fused-ring (bicyclic) bond motifs is 2. The molecule has 0 aromatic heterocycles. The van der Waals surface area contributed by atoms with E-state index >= 15 is 0 Å². The van der Waals surface area contributed by atoms with Crippen molar-refractivity contribution in [2.75, 3.05) is 24.7 Å². The normalized spacial score (nSPS) is 19.2. The number of amides is 1. The van der Waals surface area contributed by atoms with Gasteiger partial charge in [-0.25, -0.2) is 14.2 Å². The number of benzene rings is 3. The fourth-order valence-corrected chi connectivity index (χ4v) is 5.30. The first-order valence-electron chi connectivity index (χ1n) is 12.3. The van der Waals surface area contributed by atoms with Gasteiger partial charge in [0.15, 0.2) is 23.1 Å². The number of carbonyl (C=O) groups is 1. The van der Waals surface area contributed by atoms with E-state index in [1.54, 1.807) is 24.3 Å². The predicted molar refractivity (Wildman–Crippen MR) is 143 cm³/mol. The van der Waals surface area contributed by atoms with Gasteiger partial charge in [0.2, 0.25) is 0 Å². The van der Waals surface area contributed by atoms with E-state index in [4.69, 9.17) is 21.1 Å². The molecule has 1 atom stereocenters. The molecule has 0 bridgehead atoms. The Morgan fingerprint density at radius 2 is 1.95 bits per heavy atom. The number of nitrogens with one attached hydrogen (secondary N) is 1. The highest BCUT2D eigenvalue weighted by Crippen LogP contribution is 2.50. The number of hydrazone groups is 1. The van der Waals surface area contributed by atoms with Crippen LogP contribution in [0.3, 0.4) is 0 Å². The first-order chi connectivity index (χ1) is 18.3. The Morgan fingerprint density at radius 3 is 2.74 bits per heavy atom. The van der Waals surface area contributed by atoms with Crippen molar-refractivity contribution < 1.29 is 23.0 Å². The topological polar surface area (TPSA) is 63.2 Å². The molecule has 2 aliphatic rings. The molecule has 3 aromatic carbocycles. The number of nitrogens with zero attached hydrogens (tertiary/aromatic N) is 2. The third-order valence-electron chi connectivity index (χ3n) is 6.84. The third kappa shape index (κ3) is 4.72. The van der Waals surface area contributed by atoms with Crippen LogP contribution in [0.2, 0.25) is 5.02 Å². The van der Waals surface area contributed by atoms with Crippen LogP contribution in [0.4, 0.5) is 14.5 Å². The second kappa shape index (κ2) is 10.5. The first-order valence-corrected chi connectivity index (χ1v) is 12.6. The van der Waals surface area contributed by atoms with E-state index in [1.807, 2.05) is 38.1 Å². The summed E-state index contributed by atoms with van der Waals surface area (Å²) in [6.07, 6.45) is 3.73. The summed E-state index contributed by atoms with van der Waals surface area (Å²) >= 11 is 6.37. The number of ether oxygens (including phenoxy) is 2. The fourth-order valence-electron chi connectivity index (χ4n) is 5.13. The minimum atomic E-state index is -0.893. The van der Waals surface area contributed by atoms with E-state index in [0.29, 0.717) is 53.8 Å². The van der Waals surface area contributed by atoms with E-state index in [1.165, 1.54) is 12.3 Å². The van der Waals surface area contributed by atoms with E-state index in [-0.39, 0.29) is 0 Å². The zero-order valence-electron chi connectivity index (χ0n) is 20.9. The van der Waals surface area contributed by atoms with Gasteiger partial charge in [0, 0.05) is 34.6 Å². The van der Waals surface area contributed by atoms with Gasteiger partial charge in [0.1, 0.15) is 13.2 Å². The van der Waals surface area contributed by atoms with Crippen molar-refractivity contribution in [3.63, 3.8) is 0 Å². The molecule has 2 aliphatic heterocycles. The summed E-state index contributed by atoms with van der Waals surface area (Å²) in [6, 6.07) is 14.7. The lowest BCUT2D eigenvalue weighted by molar-refractivity contribution is 0.0944. The Kier molecular flexibility index (Phi) is 7.08. The summed E-state index contributed by atoms with van der Waals surface area (Å²) in [5.41, 5.74) is 5.71. The van der Waals surface area contributed by atoms with E-state index in [2.05, 4.69) is 15.4 Å². The van der Waals surface area contributed by atoms with Crippen LogP contribution in [0.15, 0.2) is 71.5 Å². The first kappa shape index (κ1) is 25.7. The monoisotopic (exact) mass is 537 g/mol. The SMILES string of the molecule is CCN1/C(=C\C=N\NC(=O)c2cccc3c2OCCO3)C(C)(Cc2ccc(F)c(F)c2)c2cc(Cl)ccc21. The molecule has 5 rings (SSSR count). The molecule has 9 heteroatoms. The van der Waals surface area contributed by atoms with Gasteiger partial charge in [0.25, 0.3) is 5.91 Å². The molecule has 1 N–H and O–H groups in total. The highest BCUT2D eigenvalue weighted by molar-refractivity contribution is 6.30. The molecular weight excluding hydrogens is 512 g/mol. The predicted octanol–water partition coefficient (Wildman–Crippen LogP) is 6.03. The minimum absolute atomic E-state index is 0.327. The van der Waals surface area contributed by atoms with Gasteiger partial charge in [-0.2, -0.15) is 5.10 Å². The highest BCUT2D eigenvalue weighted by Gasteiger charge is 2.43. The summed E-state index contributed by atoms with van der Waals surface area (Å²) < 4.78 is 38.8. The molecule has 3 aromatic rings. The van der Waals surface area contributed by atoms with Gasteiger partial charge >= 0.3 is 0 Å². The van der Waals surface area contributed by atoms with Crippen molar-refractivity contribution in [2.45, 2.75) is 25.7 Å². The number of hydrogen-bond donors (Lipinski definition) is 1. The molecule has 196 valence electrons. The van der Waals surface area contributed by atoms with Crippen LogP contribution in [0.25, 0.3) is 0 Å². The number of likely N-dealkylation sites (N-methyl/N-ethyl adjacent to an activating group) is 1. The van der Waals surface area contributed by atoms with Crippen molar-refractivity contribution in [2.24, 2.45) is 5.10 Å². The van der Waals surface area contributed by atoms with Crippen molar-refractivity contribution in [1.29, 1.82) is 0 Å². The highest BCUT2D eigenvalue weighted by atomic mass is 35.5. The lowest BCUT2D eigenvalue weighted by Crippen LogP contribution is -2.31. The average Bonchev–Trinajstić information content (AvgIpc) is 3.14. The average molecular weight is 538 g/mol. The van der Waals surface area contributed by atoms with E-state index in [9.17, 15) is 13.6 Å². The van der Waals surface area contributed by atoms with Crippen LogP contribution < -0.4 is 19.8 Å². The fraction of sp³-hybridized carbons (Fsp3) is 0.241. The summed E-state index contributed by atoms with van der Waals surface area (Å²) in [5.74, 6) is -1.30. The van der Waals surface area contributed by atoms with Gasteiger partial charge in [-0.3, -0.25) is 4.79 Å². The van der Waals surface area contributed by atoms with Crippen LogP contribution in [-0.2, 0) is 11.8 Å². The van der Waals surface area contributed by atoms with Crippen molar-refractivity contribution >= 4 is 29.4 Å². The van der Waals surface area contributed by atoms with Crippen LogP contribution in [-0.4, -0.2) is 31.9 Å². The molecule has 0 fully saturated rings. The number of anilines is 1. The zero-order valence-corrected chi connectivity index (χ0v) is 21.7. The van der Waals surface area contributed by atoms with Crippen LogP contribution in [0, 0.1) is 11.6 Å². The zero-order chi connectivity index (χ0) is 26.9. The van der Waals surface area contributed by atoms with Gasteiger partial charge in [-0.05, 0) is 79.9 Å². The van der Waals surface area contributed by atoms with Gasteiger partial charge < -0.3 is 14.4 Å². The Labute approximate surface area is 224 Å². The Hall–Kier alpha value is -3.91. The minimum Gasteiger partial charge on any atom is -0.486 e. The number of rotatable bonds is 6. The van der Waals surface area contributed by atoms with E-state index in [0.717, 1.165) is 23.0 Å². The molecule has 38 heavy (non-hydrogen) atoms. The number of para-hydroxylation sites is 1. The summed E-state index contributed by atoms with van der Waals surface area (Å²) in [7, 11) is 0.